The third kappa shape index (κ3) is 2.12. The first-order chi connectivity index (χ1) is 10.1. The molecule has 3 aromatic rings. The predicted octanol–water partition coefficient (Wildman–Crippen LogP) is 2.72. The fourth-order valence-electron chi connectivity index (χ4n) is 2.63. The number of fused-ring (bicyclic) bond motifs is 1. The molecule has 0 saturated carbocycles. The number of para-hydroxylation sites is 1. The van der Waals surface area contributed by atoms with Gasteiger partial charge in [-0.1, -0.05) is 18.2 Å². The minimum Gasteiger partial charge on any atom is -0.477 e. The highest BCUT2D eigenvalue weighted by atomic mass is 16.4. The molecule has 5 nitrogen and oxygen atoms in total. The van der Waals surface area contributed by atoms with Crippen molar-refractivity contribution in [3.63, 3.8) is 0 Å². The van der Waals surface area contributed by atoms with E-state index in [9.17, 15) is 14.7 Å². The average molecular weight is 282 g/mol. The van der Waals surface area contributed by atoms with Crippen molar-refractivity contribution in [1.82, 2.24) is 9.13 Å². The van der Waals surface area contributed by atoms with E-state index in [1.807, 2.05) is 36.4 Å². The molecule has 0 radical (unpaired) electrons. The molecule has 1 N–H and O–H groups in total. The summed E-state index contributed by atoms with van der Waals surface area (Å²) in [6.07, 6.45) is 3.60. The van der Waals surface area contributed by atoms with E-state index in [2.05, 4.69) is 0 Å². The molecule has 0 bridgehead atoms. The molecule has 0 saturated heterocycles. The highest BCUT2D eigenvalue weighted by Crippen LogP contribution is 2.30. The van der Waals surface area contributed by atoms with Gasteiger partial charge in [-0.3, -0.25) is 4.79 Å². The quantitative estimate of drug-likeness (QED) is 0.800. The molecule has 1 aromatic carbocycles. The van der Waals surface area contributed by atoms with E-state index in [0.717, 1.165) is 10.9 Å². The van der Waals surface area contributed by atoms with E-state index < -0.39 is 5.97 Å². The number of carboxylic acids is 1. The Morgan fingerprint density at radius 1 is 1.10 bits per heavy atom. The lowest BCUT2D eigenvalue weighted by molar-refractivity contribution is -0.117. The maximum atomic E-state index is 11.7. The monoisotopic (exact) mass is 282 g/mol. The minimum absolute atomic E-state index is 0.0451. The highest BCUT2D eigenvalue weighted by Gasteiger charge is 2.23. The van der Waals surface area contributed by atoms with Gasteiger partial charge in [0.2, 0.25) is 0 Å². The number of carbonyl (C=O) groups is 2. The third-order valence-corrected chi connectivity index (χ3v) is 3.39. The topological polar surface area (TPSA) is 64.2 Å². The number of rotatable bonds is 4. The van der Waals surface area contributed by atoms with E-state index in [1.165, 1.54) is 6.92 Å². The van der Waals surface area contributed by atoms with Crippen LogP contribution in [0, 0.1) is 0 Å². The second-order valence-electron chi connectivity index (χ2n) is 4.90. The lowest BCUT2D eigenvalue weighted by Gasteiger charge is -2.07. The number of nitrogens with zero attached hydrogens (tertiary/aromatic N) is 2. The van der Waals surface area contributed by atoms with Gasteiger partial charge in [-0.2, -0.15) is 0 Å². The number of Topliss-reactive ketones (excluding diaryl/α,β-unsaturated/α-hetero) is 1. The van der Waals surface area contributed by atoms with Crippen molar-refractivity contribution in [3.05, 3.63) is 54.5 Å². The Morgan fingerprint density at radius 2 is 1.76 bits per heavy atom. The molecule has 0 fully saturated rings. The molecule has 0 aliphatic rings. The van der Waals surface area contributed by atoms with Crippen LogP contribution in [0.5, 0.6) is 0 Å². The largest absolute Gasteiger partial charge is 0.477 e. The number of hydrogen-bond donors (Lipinski definition) is 1. The molecule has 5 heteroatoms. The lowest BCUT2D eigenvalue weighted by Crippen LogP contribution is -2.14. The Balaban J connectivity index is 2.42. The Kier molecular flexibility index (Phi) is 3.10. The fourth-order valence-corrected chi connectivity index (χ4v) is 2.63. The molecule has 0 aliphatic carbocycles. The van der Waals surface area contributed by atoms with Crippen molar-refractivity contribution in [2.24, 2.45) is 0 Å². The summed E-state index contributed by atoms with van der Waals surface area (Å²) in [5.74, 6) is -1.13. The summed E-state index contributed by atoms with van der Waals surface area (Å²) in [5, 5.41) is 10.4. The van der Waals surface area contributed by atoms with Crippen LogP contribution in [0.25, 0.3) is 16.6 Å². The second-order valence-corrected chi connectivity index (χ2v) is 4.90. The zero-order chi connectivity index (χ0) is 15.0. The number of carbonyl (C=O) groups excluding carboxylic acids is 1. The summed E-state index contributed by atoms with van der Waals surface area (Å²) in [5.41, 5.74) is 1.46. The number of ketones is 1. The first-order valence-corrected chi connectivity index (χ1v) is 6.57. The Morgan fingerprint density at radius 3 is 2.38 bits per heavy atom. The van der Waals surface area contributed by atoms with Gasteiger partial charge in [0.25, 0.3) is 0 Å². The van der Waals surface area contributed by atoms with Gasteiger partial charge in [-0.15, -0.1) is 0 Å². The van der Waals surface area contributed by atoms with Gasteiger partial charge in [0.15, 0.2) is 5.69 Å². The number of aromatic carboxylic acids is 1. The van der Waals surface area contributed by atoms with Crippen molar-refractivity contribution >= 4 is 22.7 Å². The molecule has 3 rings (SSSR count). The van der Waals surface area contributed by atoms with Crippen LogP contribution in [0.2, 0.25) is 0 Å². The molecule has 0 unspecified atom stereocenters. The van der Waals surface area contributed by atoms with E-state index in [1.54, 1.807) is 21.5 Å². The van der Waals surface area contributed by atoms with Crippen molar-refractivity contribution in [1.29, 1.82) is 0 Å². The lowest BCUT2D eigenvalue weighted by atomic mass is 10.2. The maximum absolute atomic E-state index is 11.7. The van der Waals surface area contributed by atoms with Gasteiger partial charge < -0.3 is 14.2 Å². The highest BCUT2D eigenvalue weighted by molar-refractivity contribution is 6.03. The average Bonchev–Trinajstić information content (AvgIpc) is 3.04. The zero-order valence-electron chi connectivity index (χ0n) is 11.5. The van der Waals surface area contributed by atoms with Crippen LogP contribution < -0.4 is 0 Å². The molecule has 0 spiro atoms. The molecular formula is C16H14N2O3. The Labute approximate surface area is 121 Å². The van der Waals surface area contributed by atoms with Gasteiger partial charge in [0.05, 0.1) is 17.7 Å². The van der Waals surface area contributed by atoms with Crippen molar-refractivity contribution < 1.29 is 14.7 Å². The summed E-state index contributed by atoms with van der Waals surface area (Å²) in [6.45, 7) is 1.50. The molecule has 106 valence electrons. The summed E-state index contributed by atoms with van der Waals surface area (Å²) >= 11 is 0. The SMILES string of the molecule is CC(=O)Cn1c(C(=O)O)c(-n2cccc2)c2ccccc21. The molecule has 2 heterocycles. The van der Waals surface area contributed by atoms with Gasteiger partial charge in [-0.05, 0) is 25.1 Å². The Bertz CT molecular complexity index is 829. The smallest absolute Gasteiger partial charge is 0.354 e. The van der Waals surface area contributed by atoms with Crippen LogP contribution in [0.15, 0.2) is 48.8 Å². The molecule has 21 heavy (non-hydrogen) atoms. The van der Waals surface area contributed by atoms with E-state index in [0.29, 0.717) is 5.69 Å². The number of carboxylic acid groups (broad SMARTS) is 1. The van der Waals surface area contributed by atoms with Crippen molar-refractivity contribution in [2.45, 2.75) is 13.5 Å². The van der Waals surface area contributed by atoms with Crippen LogP contribution in [0.4, 0.5) is 0 Å². The molecular weight excluding hydrogens is 268 g/mol. The standard InChI is InChI=1S/C16H14N2O3/c1-11(19)10-18-13-7-3-2-6-12(13)14(15(18)16(20)21)17-8-4-5-9-17/h2-9H,10H2,1H3,(H,20,21). The van der Waals surface area contributed by atoms with Crippen molar-refractivity contribution in [2.75, 3.05) is 0 Å². The van der Waals surface area contributed by atoms with Crippen LogP contribution in [0.1, 0.15) is 17.4 Å². The van der Waals surface area contributed by atoms with Crippen LogP contribution in [0.3, 0.4) is 0 Å². The van der Waals surface area contributed by atoms with E-state index in [-0.39, 0.29) is 18.0 Å². The van der Waals surface area contributed by atoms with Gasteiger partial charge in [0.1, 0.15) is 5.78 Å². The minimum atomic E-state index is -1.05. The molecule has 2 aromatic heterocycles. The van der Waals surface area contributed by atoms with Gasteiger partial charge >= 0.3 is 5.97 Å². The molecule has 0 amide bonds. The van der Waals surface area contributed by atoms with Gasteiger partial charge in [-0.25, -0.2) is 4.79 Å². The number of aromatic nitrogens is 2. The van der Waals surface area contributed by atoms with Gasteiger partial charge in [0, 0.05) is 17.8 Å². The fraction of sp³-hybridized carbons (Fsp3) is 0.125. The summed E-state index contributed by atoms with van der Waals surface area (Å²) in [7, 11) is 0. The first kappa shape index (κ1) is 13.2. The van der Waals surface area contributed by atoms with Crippen LogP contribution in [-0.4, -0.2) is 26.0 Å². The number of benzene rings is 1. The molecule has 0 atom stereocenters. The molecule has 0 aliphatic heterocycles. The van der Waals surface area contributed by atoms with Crippen molar-refractivity contribution in [3.8, 4) is 5.69 Å². The van der Waals surface area contributed by atoms with Crippen LogP contribution in [-0.2, 0) is 11.3 Å². The Hall–Kier alpha value is -2.82. The summed E-state index contributed by atoms with van der Waals surface area (Å²) < 4.78 is 3.33. The summed E-state index contributed by atoms with van der Waals surface area (Å²) in [4.78, 5) is 23.3. The van der Waals surface area contributed by atoms with E-state index >= 15 is 0 Å². The maximum Gasteiger partial charge on any atom is 0.354 e. The normalized spacial score (nSPS) is 10.9. The number of hydrogen-bond acceptors (Lipinski definition) is 2. The zero-order valence-corrected chi connectivity index (χ0v) is 11.5. The third-order valence-electron chi connectivity index (χ3n) is 3.39. The van der Waals surface area contributed by atoms with E-state index in [4.69, 9.17) is 0 Å². The second kappa shape index (κ2) is 4.94. The van der Waals surface area contributed by atoms with Crippen LogP contribution >= 0.6 is 0 Å². The first-order valence-electron chi connectivity index (χ1n) is 6.57. The summed E-state index contributed by atoms with van der Waals surface area (Å²) in [6, 6.07) is 11.1. The predicted molar refractivity (Wildman–Crippen MR) is 78.9 cm³/mol.